The maximum absolute atomic E-state index is 3.96. The number of aryl methyl sites for hydroxylation is 2. The summed E-state index contributed by atoms with van der Waals surface area (Å²) in [4.78, 5) is 1.19. The lowest BCUT2D eigenvalue weighted by atomic mass is 9.91. The van der Waals surface area contributed by atoms with Gasteiger partial charge < -0.3 is 0 Å². The van der Waals surface area contributed by atoms with Crippen molar-refractivity contribution < 1.29 is 0 Å². The summed E-state index contributed by atoms with van der Waals surface area (Å²) in [6, 6.07) is 15.3. The van der Waals surface area contributed by atoms with Crippen LogP contribution < -0.4 is 0 Å². The minimum Gasteiger partial charge on any atom is -0.128 e. The van der Waals surface area contributed by atoms with E-state index < -0.39 is 0 Å². The van der Waals surface area contributed by atoms with Gasteiger partial charge in [-0.25, -0.2) is 0 Å². The third kappa shape index (κ3) is 3.37. The van der Waals surface area contributed by atoms with Crippen LogP contribution in [0.5, 0.6) is 0 Å². The second kappa shape index (κ2) is 6.76. The number of halogens is 2. The molecule has 0 radical (unpaired) electrons. The Balaban J connectivity index is 2.31. The average molecular weight is 448 g/mol. The molecular weight excluding hydrogens is 432 g/mol. The first kappa shape index (κ1) is 16.7. The zero-order valence-corrected chi connectivity index (χ0v) is 17.0. The molecule has 0 nitrogen and oxygen atoms in total. The van der Waals surface area contributed by atoms with E-state index in [1.165, 1.54) is 38.3 Å². The van der Waals surface area contributed by atoms with Crippen LogP contribution in [0.4, 0.5) is 0 Å². The van der Waals surface area contributed by atoms with Gasteiger partial charge in [-0.05, 0) is 70.2 Å². The lowest BCUT2D eigenvalue weighted by molar-refractivity contribution is 1.39. The van der Waals surface area contributed by atoms with Gasteiger partial charge in [0.05, 0.1) is 3.79 Å². The first-order valence-electron chi connectivity index (χ1n) is 7.29. The van der Waals surface area contributed by atoms with Gasteiger partial charge in [0.25, 0.3) is 0 Å². The number of rotatable bonds is 3. The lowest BCUT2D eigenvalue weighted by Crippen LogP contribution is -1.89. The Hall–Kier alpha value is -1.16. The third-order valence-electron chi connectivity index (χ3n) is 3.87. The van der Waals surface area contributed by atoms with Crippen LogP contribution in [0.15, 0.2) is 57.3 Å². The number of hydrogen-bond acceptors (Lipinski definition) is 1. The van der Waals surface area contributed by atoms with Crippen molar-refractivity contribution in [3.05, 3.63) is 73.3 Å². The van der Waals surface area contributed by atoms with Crippen LogP contribution in [0.1, 0.15) is 16.0 Å². The van der Waals surface area contributed by atoms with E-state index in [0.717, 1.165) is 8.26 Å². The Labute approximate surface area is 158 Å². The molecule has 3 rings (SSSR count). The van der Waals surface area contributed by atoms with Crippen LogP contribution >= 0.6 is 43.2 Å². The fraction of sp³-hybridized carbons (Fsp3) is 0.100. The summed E-state index contributed by atoms with van der Waals surface area (Å²) >= 11 is 8.94. The summed E-state index contributed by atoms with van der Waals surface area (Å²) < 4.78 is 2.21. The van der Waals surface area contributed by atoms with E-state index in [0.29, 0.717) is 0 Å². The fourth-order valence-electron chi connectivity index (χ4n) is 2.74. The van der Waals surface area contributed by atoms with E-state index in [-0.39, 0.29) is 0 Å². The Morgan fingerprint density at radius 1 is 0.870 bits per heavy atom. The number of benzene rings is 2. The van der Waals surface area contributed by atoms with Gasteiger partial charge in [0.2, 0.25) is 0 Å². The normalized spacial score (nSPS) is 10.8. The monoisotopic (exact) mass is 446 g/mol. The maximum Gasteiger partial charge on any atom is 0.0711 e. The molecular formula is C20H16Br2S. The summed E-state index contributed by atoms with van der Waals surface area (Å²) in [6.07, 6.45) is 1.93. The van der Waals surface area contributed by atoms with Crippen molar-refractivity contribution in [2.24, 2.45) is 0 Å². The van der Waals surface area contributed by atoms with Crippen molar-refractivity contribution in [2.45, 2.75) is 13.8 Å². The highest BCUT2D eigenvalue weighted by Gasteiger charge is 2.15. The Morgan fingerprint density at radius 2 is 1.65 bits per heavy atom. The van der Waals surface area contributed by atoms with Crippen molar-refractivity contribution in [2.75, 3.05) is 0 Å². The highest BCUT2D eigenvalue weighted by molar-refractivity contribution is 9.11. The minimum atomic E-state index is 1.09. The molecule has 0 amide bonds. The Kier molecular flexibility index (Phi) is 4.90. The largest absolute Gasteiger partial charge is 0.128 e. The van der Waals surface area contributed by atoms with E-state index in [4.69, 9.17) is 0 Å². The molecule has 0 fully saturated rings. The second-order valence-corrected chi connectivity index (χ2v) is 8.92. The van der Waals surface area contributed by atoms with Crippen LogP contribution in [-0.4, -0.2) is 0 Å². The van der Waals surface area contributed by atoms with Crippen molar-refractivity contribution in [1.29, 1.82) is 0 Å². The van der Waals surface area contributed by atoms with Gasteiger partial charge >= 0.3 is 0 Å². The summed E-state index contributed by atoms with van der Waals surface area (Å²) in [5.74, 6) is 0. The van der Waals surface area contributed by atoms with E-state index >= 15 is 0 Å². The number of thiophene rings is 1. The van der Waals surface area contributed by atoms with Crippen LogP contribution in [0, 0.1) is 13.8 Å². The highest BCUT2D eigenvalue weighted by Crippen LogP contribution is 2.42. The zero-order chi connectivity index (χ0) is 16.6. The lowest BCUT2D eigenvalue weighted by Gasteiger charge is -2.14. The molecule has 0 bridgehead atoms. The molecule has 0 aliphatic heterocycles. The summed E-state index contributed by atoms with van der Waals surface area (Å²) in [5.41, 5.74) is 7.53. The van der Waals surface area contributed by atoms with Crippen LogP contribution in [-0.2, 0) is 0 Å². The molecule has 1 heterocycles. The minimum absolute atomic E-state index is 1.09. The summed E-state index contributed by atoms with van der Waals surface area (Å²) in [5, 5.41) is 0. The second-order valence-electron chi connectivity index (χ2n) is 5.54. The molecule has 23 heavy (non-hydrogen) atoms. The Morgan fingerprint density at radius 3 is 2.39 bits per heavy atom. The quantitative estimate of drug-likeness (QED) is 0.383. The van der Waals surface area contributed by atoms with Gasteiger partial charge in [0.15, 0.2) is 0 Å². The summed E-state index contributed by atoms with van der Waals surface area (Å²) in [7, 11) is 0. The van der Waals surface area contributed by atoms with Gasteiger partial charge in [-0.2, -0.15) is 0 Å². The molecule has 3 aromatic rings. The molecule has 0 aliphatic carbocycles. The van der Waals surface area contributed by atoms with E-state index in [9.17, 15) is 0 Å². The molecule has 3 heteroatoms. The Bertz CT molecular complexity index is 891. The van der Waals surface area contributed by atoms with Gasteiger partial charge in [-0.15, -0.1) is 11.3 Å². The van der Waals surface area contributed by atoms with Gasteiger partial charge in [-0.3, -0.25) is 0 Å². The molecule has 0 saturated carbocycles. The van der Waals surface area contributed by atoms with Crippen molar-refractivity contribution >= 4 is 49.3 Å². The molecule has 116 valence electrons. The fourth-order valence-corrected chi connectivity index (χ4v) is 4.60. The smallest absolute Gasteiger partial charge is 0.0711 e. The van der Waals surface area contributed by atoms with Crippen molar-refractivity contribution in [3.63, 3.8) is 0 Å². The van der Waals surface area contributed by atoms with Gasteiger partial charge in [0, 0.05) is 14.9 Å². The molecule has 0 N–H and O–H groups in total. The van der Waals surface area contributed by atoms with Gasteiger partial charge in [-0.1, -0.05) is 58.4 Å². The average Bonchev–Trinajstić information content (AvgIpc) is 2.90. The van der Waals surface area contributed by atoms with E-state index in [1.807, 2.05) is 6.08 Å². The highest BCUT2D eigenvalue weighted by atomic mass is 79.9. The maximum atomic E-state index is 3.96. The zero-order valence-electron chi connectivity index (χ0n) is 13.0. The summed E-state index contributed by atoms with van der Waals surface area (Å²) in [6.45, 7) is 8.26. The number of hydrogen-bond donors (Lipinski definition) is 0. The topological polar surface area (TPSA) is 0 Å². The molecule has 2 aromatic carbocycles. The first-order valence-corrected chi connectivity index (χ1v) is 9.69. The van der Waals surface area contributed by atoms with Gasteiger partial charge in [0.1, 0.15) is 0 Å². The van der Waals surface area contributed by atoms with Crippen LogP contribution in [0.25, 0.3) is 28.3 Å². The van der Waals surface area contributed by atoms with E-state index in [2.05, 4.69) is 94.8 Å². The molecule has 1 aromatic heterocycles. The predicted octanol–water partition coefficient (Wildman–Crippen LogP) is 7.87. The third-order valence-corrected chi connectivity index (χ3v) is 6.00. The van der Waals surface area contributed by atoms with Crippen LogP contribution in [0.3, 0.4) is 0 Å². The SMILES string of the molecule is C=Cc1sc(Br)cc1-c1ccc(Br)cc1-c1cc(C)ccc1C. The molecule has 0 atom stereocenters. The van der Waals surface area contributed by atoms with Crippen LogP contribution in [0.2, 0.25) is 0 Å². The molecule has 0 unspecified atom stereocenters. The molecule has 0 spiro atoms. The molecule has 0 aliphatic rings. The van der Waals surface area contributed by atoms with E-state index in [1.54, 1.807) is 11.3 Å². The molecule has 0 saturated heterocycles. The first-order chi connectivity index (χ1) is 11.0. The predicted molar refractivity (Wildman–Crippen MR) is 110 cm³/mol. The van der Waals surface area contributed by atoms with Crippen molar-refractivity contribution in [1.82, 2.24) is 0 Å². The standard InChI is InChI=1S/C20H16Br2S/c1-4-19-18(11-20(22)23-19)15-8-7-14(21)10-17(15)16-9-12(2)5-6-13(16)3/h4-11H,1H2,2-3H3. The van der Waals surface area contributed by atoms with Crippen molar-refractivity contribution in [3.8, 4) is 22.3 Å².